The van der Waals surface area contributed by atoms with Gasteiger partial charge in [-0.1, -0.05) is 38.5 Å². The van der Waals surface area contributed by atoms with Gasteiger partial charge in [-0.2, -0.15) is 0 Å². The first-order valence-corrected chi connectivity index (χ1v) is 8.65. The van der Waals surface area contributed by atoms with Crippen LogP contribution in [0.3, 0.4) is 0 Å². The summed E-state index contributed by atoms with van der Waals surface area (Å²) < 4.78 is 9.82. The van der Waals surface area contributed by atoms with E-state index in [4.69, 9.17) is 19.7 Å². The first kappa shape index (κ1) is 17.5. The van der Waals surface area contributed by atoms with Crippen molar-refractivity contribution in [1.29, 1.82) is 0 Å². The SMILES string of the molecule is O=C1OCC2(CCCCC2)CO1.OCC1(CO)CCCCC1. The Hall–Kier alpha value is -0.810. The maximum absolute atomic E-state index is 10.6. The number of carbonyl (C=O) groups excluding carboxylic acids is 1. The molecule has 0 aromatic rings. The molecule has 0 bridgehead atoms. The molecule has 2 aliphatic carbocycles. The zero-order chi connectivity index (χ0) is 15.9. The summed E-state index contributed by atoms with van der Waals surface area (Å²) in [6.07, 6.45) is 11.2. The molecule has 3 rings (SSSR count). The lowest BCUT2D eigenvalue weighted by molar-refractivity contribution is -0.0741. The van der Waals surface area contributed by atoms with E-state index < -0.39 is 6.16 Å². The summed E-state index contributed by atoms with van der Waals surface area (Å²) in [6.45, 7) is 1.46. The maximum atomic E-state index is 10.6. The van der Waals surface area contributed by atoms with Crippen LogP contribution in [0.15, 0.2) is 0 Å². The third-order valence-corrected chi connectivity index (χ3v) is 5.49. The molecule has 3 aliphatic rings. The molecule has 0 radical (unpaired) electrons. The minimum atomic E-state index is -0.494. The van der Waals surface area contributed by atoms with E-state index in [1.54, 1.807) is 0 Å². The summed E-state index contributed by atoms with van der Waals surface area (Å²) in [5.74, 6) is 0. The molecular formula is C17H30O5. The molecule has 5 nitrogen and oxygen atoms in total. The van der Waals surface area contributed by atoms with E-state index in [1.807, 2.05) is 0 Å². The van der Waals surface area contributed by atoms with Gasteiger partial charge in [-0.3, -0.25) is 0 Å². The van der Waals surface area contributed by atoms with Crippen molar-refractivity contribution in [2.24, 2.45) is 10.8 Å². The summed E-state index contributed by atoms with van der Waals surface area (Å²) in [5.41, 5.74) is 0.0460. The Morgan fingerprint density at radius 2 is 1.23 bits per heavy atom. The monoisotopic (exact) mass is 314 g/mol. The normalized spacial score (nSPS) is 26.4. The van der Waals surface area contributed by atoms with Gasteiger partial charge in [0, 0.05) is 10.8 Å². The molecule has 0 aromatic heterocycles. The van der Waals surface area contributed by atoms with Gasteiger partial charge in [-0.15, -0.1) is 0 Å². The molecule has 5 heteroatoms. The van der Waals surface area contributed by atoms with Crippen molar-refractivity contribution < 1.29 is 24.5 Å². The molecule has 0 unspecified atom stereocenters. The van der Waals surface area contributed by atoms with Gasteiger partial charge in [0.25, 0.3) is 0 Å². The van der Waals surface area contributed by atoms with Crippen LogP contribution in [0.2, 0.25) is 0 Å². The predicted molar refractivity (Wildman–Crippen MR) is 82.5 cm³/mol. The Labute approximate surface area is 133 Å². The number of carbonyl (C=O) groups is 1. The predicted octanol–water partition coefficient (Wildman–Crippen LogP) is 3.03. The van der Waals surface area contributed by atoms with Crippen molar-refractivity contribution in [1.82, 2.24) is 0 Å². The molecular weight excluding hydrogens is 284 g/mol. The summed E-state index contributed by atoms with van der Waals surface area (Å²) in [5, 5.41) is 18.0. The Bertz CT molecular complexity index is 325. The number of hydrogen-bond acceptors (Lipinski definition) is 5. The topological polar surface area (TPSA) is 76.0 Å². The van der Waals surface area contributed by atoms with Crippen LogP contribution in [0.1, 0.15) is 64.2 Å². The van der Waals surface area contributed by atoms with E-state index in [1.165, 1.54) is 38.5 Å². The highest BCUT2D eigenvalue weighted by Gasteiger charge is 2.38. The molecule has 0 aromatic carbocycles. The molecule has 2 saturated carbocycles. The first-order chi connectivity index (χ1) is 10.6. The molecule has 0 amide bonds. The Kier molecular flexibility index (Phi) is 6.50. The van der Waals surface area contributed by atoms with Crippen LogP contribution >= 0.6 is 0 Å². The molecule has 128 valence electrons. The van der Waals surface area contributed by atoms with Crippen molar-refractivity contribution in [2.75, 3.05) is 26.4 Å². The van der Waals surface area contributed by atoms with Crippen molar-refractivity contribution in [3.05, 3.63) is 0 Å². The lowest BCUT2D eigenvalue weighted by Gasteiger charge is -2.38. The van der Waals surface area contributed by atoms with Crippen molar-refractivity contribution in [3.8, 4) is 0 Å². The third-order valence-electron chi connectivity index (χ3n) is 5.49. The van der Waals surface area contributed by atoms with Gasteiger partial charge in [-0.25, -0.2) is 4.79 Å². The quantitative estimate of drug-likeness (QED) is 0.766. The van der Waals surface area contributed by atoms with Gasteiger partial charge in [0.05, 0.1) is 13.2 Å². The van der Waals surface area contributed by atoms with Crippen LogP contribution in [0, 0.1) is 10.8 Å². The zero-order valence-corrected chi connectivity index (χ0v) is 13.5. The summed E-state index contributed by atoms with van der Waals surface area (Å²) in [6, 6.07) is 0. The molecule has 3 fully saturated rings. The highest BCUT2D eigenvalue weighted by atomic mass is 16.7. The smallest absolute Gasteiger partial charge is 0.434 e. The number of aliphatic hydroxyl groups excluding tert-OH is 2. The van der Waals surface area contributed by atoms with Crippen LogP contribution in [-0.4, -0.2) is 42.8 Å². The minimum Gasteiger partial charge on any atom is -0.434 e. The lowest BCUT2D eigenvalue weighted by Crippen LogP contribution is -2.40. The van der Waals surface area contributed by atoms with E-state index in [0.717, 1.165) is 25.7 Å². The number of aliphatic hydroxyl groups is 2. The van der Waals surface area contributed by atoms with Crippen LogP contribution in [0.5, 0.6) is 0 Å². The highest BCUT2D eigenvalue weighted by Crippen LogP contribution is 2.38. The fourth-order valence-corrected chi connectivity index (χ4v) is 3.77. The van der Waals surface area contributed by atoms with Crippen LogP contribution in [0.25, 0.3) is 0 Å². The number of cyclic esters (lactones) is 2. The second kappa shape index (κ2) is 8.16. The average Bonchev–Trinajstić information content (AvgIpc) is 2.60. The standard InChI is InChI=1S/C9H14O3.C8H16O2/c10-8-11-6-9(7-12-8)4-2-1-3-5-9;9-6-8(7-10)4-2-1-3-5-8/h1-7H2;9-10H,1-7H2. The van der Waals surface area contributed by atoms with Gasteiger partial charge in [0.2, 0.25) is 0 Å². The van der Waals surface area contributed by atoms with Crippen molar-refractivity contribution in [2.45, 2.75) is 64.2 Å². The fraction of sp³-hybridized carbons (Fsp3) is 0.941. The minimum absolute atomic E-state index is 0.127. The Morgan fingerprint density at radius 1 is 0.773 bits per heavy atom. The highest BCUT2D eigenvalue weighted by molar-refractivity contribution is 5.60. The van der Waals surface area contributed by atoms with Crippen LogP contribution < -0.4 is 0 Å². The largest absolute Gasteiger partial charge is 0.508 e. The number of rotatable bonds is 2. The number of hydrogen-bond donors (Lipinski definition) is 2. The summed E-state index contributed by atoms with van der Waals surface area (Å²) in [4.78, 5) is 10.6. The van der Waals surface area contributed by atoms with Gasteiger partial charge < -0.3 is 19.7 Å². The Balaban J connectivity index is 0.000000164. The van der Waals surface area contributed by atoms with E-state index in [2.05, 4.69) is 0 Å². The van der Waals surface area contributed by atoms with E-state index in [-0.39, 0.29) is 24.0 Å². The Morgan fingerprint density at radius 3 is 1.64 bits per heavy atom. The van der Waals surface area contributed by atoms with Crippen molar-refractivity contribution in [3.63, 3.8) is 0 Å². The summed E-state index contributed by atoms with van der Waals surface area (Å²) >= 11 is 0. The first-order valence-electron chi connectivity index (χ1n) is 8.65. The zero-order valence-electron chi connectivity index (χ0n) is 13.5. The van der Waals surface area contributed by atoms with Gasteiger partial charge in [-0.05, 0) is 25.7 Å². The van der Waals surface area contributed by atoms with Gasteiger partial charge in [0.1, 0.15) is 13.2 Å². The van der Waals surface area contributed by atoms with Crippen LogP contribution in [0.4, 0.5) is 4.79 Å². The van der Waals surface area contributed by atoms with Gasteiger partial charge in [0.15, 0.2) is 0 Å². The van der Waals surface area contributed by atoms with E-state index >= 15 is 0 Å². The number of ether oxygens (including phenoxy) is 2. The second-order valence-corrected chi connectivity index (χ2v) is 7.26. The molecule has 0 atom stereocenters. The molecule has 1 heterocycles. The van der Waals surface area contributed by atoms with Crippen LogP contribution in [-0.2, 0) is 9.47 Å². The van der Waals surface area contributed by atoms with Gasteiger partial charge >= 0.3 is 6.16 Å². The second-order valence-electron chi connectivity index (χ2n) is 7.26. The molecule has 1 spiro atoms. The van der Waals surface area contributed by atoms with E-state index in [0.29, 0.717) is 13.2 Å². The summed E-state index contributed by atoms with van der Waals surface area (Å²) in [7, 11) is 0. The van der Waals surface area contributed by atoms with E-state index in [9.17, 15) is 4.79 Å². The third kappa shape index (κ3) is 4.59. The molecule has 2 N–H and O–H groups in total. The lowest BCUT2D eigenvalue weighted by atomic mass is 9.75. The fourth-order valence-electron chi connectivity index (χ4n) is 3.77. The molecule has 1 aliphatic heterocycles. The molecule has 22 heavy (non-hydrogen) atoms. The molecule has 1 saturated heterocycles. The maximum Gasteiger partial charge on any atom is 0.508 e. The van der Waals surface area contributed by atoms with Crippen molar-refractivity contribution >= 4 is 6.16 Å². The average molecular weight is 314 g/mol.